The Balaban J connectivity index is 2.23. The van der Waals surface area contributed by atoms with E-state index in [4.69, 9.17) is 4.74 Å². The lowest BCUT2D eigenvalue weighted by Crippen LogP contribution is -2.29. The summed E-state index contributed by atoms with van der Waals surface area (Å²) in [6, 6.07) is 0. The summed E-state index contributed by atoms with van der Waals surface area (Å²) in [5, 5.41) is 0. The molecule has 66 valence electrons. The van der Waals surface area contributed by atoms with Crippen molar-refractivity contribution in [2.75, 3.05) is 7.11 Å². The number of fused-ring (bicyclic) bond motifs is 2. The van der Waals surface area contributed by atoms with Gasteiger partial charge in [-0.1, -0.05) is 0 Å². The van der Waals surface area contributed by atoms with Crippen LogP contribution in [0.15, 0.2) is 0 Å². The zero-order chi connectivity index (χ0) is 8.77. The van der Waals surface area contributed by atoms with Gasteiger partial charge in [-0.3, -0.25) is 9.59 Å². The van der Waals surface area contributed by atoms with Gasteiger partial charge in [-0.05, 0) is 19.3 Å². The van der Waals surface area contributed by atoms with Crippen LogP contribution in [0.5, 0.6) is 0 Å². The van der Waals surface area contributed by atoms with E-state index in [1.54, 1.807) is 0 Å². The van der Waals surface area contributed by atoms with Gasteiger partial charge >= 0.3 is 5.97 Å². The van der Waals surface area contributed by atoms with E-state index in [1.165, 1.54) is 7.11 Å². The Bertz CT molecular complexity index is 246. The first kappa shape index (κ1) is 7.77. The number of methoxy groups -OCH3 is 1. The van der Waals surface area contributed by atoms with Crippen LogP contribution in [-0.4, -0.2) is 18.9 Å². The SMILES string of the molecule is COC(=O)[C@]12CC[C@@H](C1)C(=O)C2. The van der Waals surface area contributed by atoms with Gasteiger partial charge in [0.25, 0.3) is 0 Å². The molecule has 2 aliphatic rings. The van der Waals surface area contributed by atoms with Gasteiger partial charge in [-0.2, -0.15) is 0 Å². The first-order valence-electron chi connectivity index (χ1n) is 4.29. The molecule has 0 aromatic heterocycles. The molecule has 0 aromatic carbocycles. The lowest BCUT2D eigenvalue weighted by atomic mass is 9.84. The van der Waals surface area contributed by atoms with Crippen LogP contribution in [0.2, 0.25) is 0 Å². The van der Waals surface area contributed by atoms with Gasteiger partial charge in [-0.15, -0.1) is 0 Å². The summed E-state index contributed by atoms with van der Waals surface area (Å²) in [7, 11) is 1.40. The van der Waals surface area contributed by atoms with Crippen LogP contribution in [0.3, 0.4) is 0 Å². The number of ketones is 1. The summed E-state index contributed by atoms with van der Waals surface area (Å²) in [4.78, 5) is 22.6. The molecular weight excluding hydrogens is 156 g/mol. The summed E-state index contributed by atoms with van der Waals surface area (Å²) >= 11 is 0. The molecule has 0 heterocycles. The maximum atomic E-state index is 11.4. The topological polar surface area (TPSA) is 43.4 Å². The van der Waals surface area contributed by atoms with Crippen molar-refractivity contribution in [1.82, 2.24) is 0 Å². The van der Waals surface area contributed by atoms with Gasteiger partial charge in [-0.25, -0.2) is 0 Å². The standard InChI is InChI=1S/C9H12O3/c1-12-8(11)9-3-2-6(4-9)7(10)5-9/h6H,2-5H2,1H3/t6-,9+/m0/s1. The van der Waals surface area contributed by atoms with Crippen molar-refractivity contribution in [3.05, 3.63) is 0 Å². The quantitative estimate of drug-likeness (QED) is 0.547. The summed E-state index contributed by atoms with van der Waals surface area (Å²) in [5.74, 6) is 0.228. The lowest BCUT2D eigenvalue weighted by Gasteiger charge is -2.21. The molecule has 0 aromatic rings. The zero-order valence-electron chi connectivity index (χ0n) is 7.13. The van der Waals surface area contributed by atoms with E-state index in [2.05, 4.69) is 0 Å². The third-order valence-electron chi connectivity index (χ3n) is 3.19. The van der Waals surface area contributed by atoms with E-state index in [0.717, 1.165) is 19.3 Å². The van der Waals surface area contributed by atoms with Crippen LogP contribution in [0.1, 0.15) is 25.7 Å². The number of Topliss-reactive ketones (excluding diaryl/α,β-unsaturated/α-hetero) is 1. The van der Waals surface area contributed by atoms with Gasteiger partial charge in [0.15, 0.2) is 0 Å². The van der Waals surface area contributed by atoms with E-state index in [9.17, 15) is 9.59 Å². The molecule has 2 bridgehead atoms. The zero-order valence-corrected chi connectivity index (χ0v) is 7.13. The number of carbonyl (C=O) groups is 2. The molecule has 0 unspecified atom stereocenters. The highest BCUT2D eigenvalue weighted by Gasteiger charge is 2.55. The van der Waals surface area contributed by atoms with Gasteiger partial charge in [0.05, 0.1) is 12.5 Å². The molecule has 0 aliphatic heterocycles. The van der Waals surface area contributed by atoms with Crippen LogP contribution < -0.4 is 0 Å². The number of hydrogen-bond donors (Lipinski definition) is 0. The minimum Gasteiger partial charge on any atom is -0.469 e. The minimum absolute atomic E-state index is 0.157. The van der Waals surface area contributed by atoms with Gasteiger partial charge in [0, 0.05) is 12.3 Å². The number of ether oxygens (including phenoxy) is 1. The highest BCUT2D eigenvalue weighted by atomic mass is 16.5. The molecule has 3 nitrogen and oxygen atoms in total. The molecule has 12 heavy (non-hydrogen) atoms. The average molecular weight is 168 g/mol. The lowest BCUT2D eigenvalue weighted by molar-refractivity contribution is -0.153. The number of esters is 1. The minimum atomic E-state index is -0.420. The second-order valence-corrected chi connectivity index (χ2v) is 3.85. The Labute approximate surface area is 71.1 Å². The molecule has 2 saturated carbocycles. The van der Waals surface area contributed by atoms with E-state index >= 15 is 0 Å². The smallest absolute Gasteiger partial charge is 0.312 e. The molecule has 0 saturated heterocycles. The van der Waals surface area contributed by atoms with Crippen molar-refractivity contribution in [3.63, 3.8) is 0 Å². The van der Waals surface area contributed by atoms with Crippen LogP contribution in [0.25, 0.3) is 0 Å². The molecular formula is C9H12O3. The van der Waals surface area contributed by atoms with Crippen molar-refractivity contribution in [3.8, 4) is 0 Å². The third-order valence-corrected chi connectivity index (χ3v) is 3.19. The fourth-order valence-corrected chi connectivity index (χ4v) is 2.51. The molecule has 2 atom stereocenters. The summed E-state index contributed by atoms with van der Waals surface area (Å²) in [6.07, 6.45) is 2.88. The average Bonchev–Trinajstić information content (AvgIpc) is 2.60. The second-order valence-electron chi connectivity index (χ2n) is 3.85. The van der Waals surface area contributed by atoms with Crippen molar-refractivity contribution < 1.29 is 14.3 Å². The molecule has 2 fully saturated rings. The molecule has 0 radical (unpaired) electrons. The fourth-order valence-electron chi connectivity index (χ4n) is 2.51. The first-order valence-corrected chi connectivity index (χ1v) is 4.29. The van der Waals surface area contributed by atoms with Crippen molar-refractivity contribution >= 4 is 11.8 Å². The van der Waals surface area contributed by atoms with Crippen LogP contribution in [-0.2, 0) is 14.3 Å². The predicted octanol–water partition coefficient (Wildman–Crippen LogP) is 0.919. The Morgan fingerprint density at radius 3 is 2.83 bits per heavy atom. The largest absolute Gasteiger partial charge is 0.469 e. The monoisotopic (exact) mass is 168 g/mol. The molecule has 2 aliphatic carbocycles. The number of hydrogen-bond acceptors (Lipinski definition) is 3. The fraction of sp³-hybridized carbons (Fsp3) is 0.778. The molecule has 2 rings (SSSR count). The Morgan fingerprint density at radius 2 is 2.42 bits per heavy atom. The van der Waals surface area contributed by atoms with Gasteiger partial charge < -0.3 is 4.74 Å². The highest BCUT2D eigenvalue weighted by molar-refractivity contribution is 5.93. The second kappa shape index (κ2) is 2.31. The van der Waals surface area contributed by atoms with Crippen LogP contribution in [0.4, 0.5) is 0 Å². The summed E-state index contributed by atoms with van der Waals surface area (Å²) in [5.41, 5.74) is -0.420. The predicted molar refractivity (Wildman–Crippen MR) is 41.4 cm³/mol. The van der Waals surface area contributed by atoms with Crippen molar-refractivity contribution in [1.29, 1.82) is 0 Å². The van der Waals surface area contributed by atoms with Crippen LogP contribution in [0, 0.1) is 11.3 Å². The first-order chi connectivity index (χ1) is 5.68. The number of carbonyl (C=O) groups excluding carboxylic acids is 2. The summed E-state index contributed by atoms with van der Waals surface area (Å²) < 4.78 is 4.71. The molecule has 3 heteroatoms. The van der Waals surface area contributed by atoms with Gasteiger partial charge in [0.1, 0.15) is 5.78 Å². The highest BCUT2D eigenvalue weighted by Crippen LogP contribution is 2.52. The Morgan fingerprint density at radius 1 is 1.67 bits per heavy atom. The normalized spacial score (nSPS) is 38.8. The van der Waals surface area contributed by atoms with Crippen molar-refractivity contribution in [2.24, 2.45) is 11.3 Å². The van der Waals surface area contributed by atoms with Crippen molar-refractivity contribution in [2.45, 2.75) is 25.7 Å². The van der Waals surface area contributed by atoms with E-state index in [-0.39, 0.29) is 17.7 Å². The molecule has 0 amide bonds. The molecule has 0 spiro atoms. The maximum absolute atomic E-state index is 11.4. The van der Waals surface area contributed by atoms with E-state index in [0.29, 0.717) is 6.42 Å². The summed E-state index contributed by atoms with van der Waals surface area (Å²) in [6.45, 7) is 0. The Kier molecular flexibility index (Phi) is 1.50. The van der Waals surface area contributed by atoms with Gasteiger partial charge in [0.2, 0.25) is 0 Å². The molecule has 0 N–H and O–H groups in total. The maximum Gasteiger partial charge on any atom is 0.312 e. The van der Waals surface area contributed by atoms with E-state index in [1.807, 2.05) is 0 Å². The Hall–Kier alpha value is -0.860. The third kappa shape index (κ3) is 0.822. The number of rotatable bonds is 1. The van der Waals surface area contributed by atoms with E-state index < -0.39 is 5.41 Å². The van der Waals surface area contributed by atoms with Crippen LogP contribution >= 0.6 is 0 Å².